The minimum absolute atomic E-state index is 0.00373. The first-order valence-electron chi connectivity index (χ1n) is 36.4. The Hall–Kier alpha value is -2.18. The fourth-order valence-electron chi connectivity index (χ4n) is 11.3. The number of nitrogens with one attached hydrogen (secondary N) is 1. The molecule has 0 spiro atoms. The van der Waals surface area contributed by atoms with Crippen molar-refractivity contribution in [3.05, 3.63) is 48.6 Å². The lowest BCUT2D eigenvalue weighted by Gasteiger charge is -2.22. The van der Waals surface area contributed by atoms with Gasteiger partial charge in [0.25, 0.3) is 0 Å². The van der Waals surface area contributed by atoms with E-state index in [4.69, 9.17) is 4.74 Å². The number of hydrogen-bond acceptors (Lipinski definition) is 5. The van der Waals surface area contributed by atoms with Crippen LogP contribution in [-0.2, 0) is 14.3 Å². The number of ether oxygens (including phenoxy) is 1. The molecule has 3 N–H and O–H groups in total. The lowest BCUT2D eigenvalue weighted by molar-refractivity contribution is -0.143. The Bertz CT molecular complexity index is 1360. The van der Waals surface area contributed by atoms with Gasteiger partial charge in [0.05, 0.1) is 25.4 Å². The number of aliphatic hydroxyl groups excluding tert-OH is 2. The standard InChI is InChI=1S/C75H141NO5/c1-3-5-7-9-11-13-15-17-19-20-21-22-28-31-34-37-40-43-47-51-55-59-63-67-73(78)72(71-77)76-74(79)68-64-60-56-52-48-44-41-38-35-32-29-26-24-23-25-27-30-33-36-39-42-46-50-54-58-62-66-70-81-75(80)69-65-61-57-53-49-45-18-16-14-12-10-8-6-4-2/h10,12,16,18,23-24,27,30,72-73,77-78H,3-9,11,13-15,17,19-22,25-26,28-29,31-71H2,1-2H3,(H,76,79)/b12-10-,18-16-,24-23-,30-27-. The van der Waals surface area contributed by atoms with Gasteiger partial charge in [-0.15, -0.1) is 0 Å². The monoisotopic (exact) mass is 1140 g/mol. The van der Waals surface area contributed by atoms with Crippen molar-refractivity contribution in [3.8, 4) is 0 Å². The van der Waals surface area contributed by atoms with E-state index in [-0.39, 0.29) is 18.5 Å². The Kier molecular flexibility index (Phi) is 68.4. The summed E-state index contributed by atoms with van der Waals surface area (Å²) >= 11 is 0. The number of aliphatic hydroxyl groups is 2. The average Bonchev–Trinajstić information content (AvgIpc) is 3.47. The van der Waals surface area contributed by atoms with Crippen LogP contribution in [0.2, 0.25) is 0 Å². The Morgan fingerprint density at radius 2 is 0.630 bits per heavy atom. The molecule has 0 radical (unpaired) electrons. The minimum atomic E-state index is -0.669. The molecular weight excluding hydrogens is 995 g/mol. The molecule has 0 rings (SSSR count). The lowest BCUT2D eigenvalue weighted by Crippen LogP contribution is -2.45. The van der Waals surface area contributed by atoms with E-state index in [9.17, 15) is 19.8 Å². The van der Waals surface area contributed by atoms with Gasteiger partial charge in [0.2, 0.25) is 5.91 Å². The van der Waals surface area contributed by atoms with E-state index in [1.165, 1.54) is 302 Å². The molecule has 0 aromatic heterocycles. The first-order chi connectivity index (χ1) is 40.0. The van der Waals surface area contributed by atoms with Crippen LogP contribution in [0.25, 0.3) is 0 Å². The van der Waals surface area contributed by atoms with Crippen LogP contribution >= 0.6 is 0 Å². The van der Waals surface area contributed by atoms with Crippen molar-refractivity contribution in [1.82, 2.24) is 5.32 Å². The van der Waals surface area contributed by atoms with Gasteiger partial charge in [-0.25, -0.2) is 0 Å². The maximum atomic E-state index is 12.6. The van der Waals surface area contributed by atoms with Gasteiger partial charge in [-0.3, -0.25) is 9.59 Å². The van der Waals surface area contributed by atoms with E-state index in [1.54, 1.807) is 0 Å². The van der Waals surface area contributed by atoms with Gasteiger partial charge in [0.1, 0.15) is 0 Å². The summed E-state index contributed by atoms with van der Waals surface area (Å²) in [6.45, 7) is 4.93. The molecule has 81 heavy (non-hydrogen) atoms. The minimum Gasteiger partial charge on any atom is -0.466 e. The Balaban J connectivity index is 3.43. The maximum Gasteiger partial charge on any atom is 0.305 e. The number of allylic oxidation sites excluding steroid dienone is 8. The third kappa shape index (κ3) is 66.8. The molecule has 0 bridgehead atoms. The molecule has 0 aliphatic heterocycles. The van der Waals surface area contributed by atoms with Crippen LogP contribution in [0.3, 0.4) is 0 Å². The molecule has 0 aromatic carbocycles. The number of hydrogen-bond donors (Lipinski definition) is 3. The van der Waals surface area contributed by atoms with Gasteiger partial charge >= 0.3 is 5.97 Å². The highest BCUT2D eigenvalue weighted by Gasteiger charge is 2.20. The molecule has 1 amide bonds. The summed E-state index contributed by atoms with van der Waals surface area (Å²) in [4.78, 5) is 24.6. The summed E-state index contributed by atoms with van der Waals surface area (Å²) < 4.78 is 5.48. The van der Waals surface area contributed by atoms with Crippen LogP contribution < -0.4 is 5.32 Å². The lowest BCUT2D eigenvalue weighted by atomic mass is 10.0. The van der Waals surface area contributed by atoms with Crippen molar-refractivity contribution in [1.29, 1.82) is 0 Å². The molecule has 6 heteroatoms. The third-order valence-corrected chi connectivity index (χ3v) is 16.9. The van der Waals surface area contributed by atoms with Gasteiger partial charge < -0.3 is 20.3 Å². The summed E-state index contributed by atoms with van der Waals surface area (Å²) in [6.07, 6.45) is 91.6. The molecule has 0 aliphatic rings. The second-order valence-electron chi connectivity index (χ2n) is 24.9. The predicted octanol–water partition coefficient (Wildman–Crippen LogP) is 23.6. The van der Waals surface area contributed by atoms with Crippen LogP contribution in [-0.4, -0.2) is 47.4 Å². The van der Waals surface area contributed by atoms with E-state index in [1.807, 2.05) is 0 Å². The van der Waals surface area contributed by atoms with Crippen molar-refractivity contribution in [2.45, 2.75) is 405 Å². The van der Waals surface area contributed by atoms with Gasteiger partial charge in [0, 0.05) is 12.8 Å². The molecule has 0 aromatic rings. The zero-order valence-corrected chi connectivity index (χ0v) is 54.5. The molecule has 476 valence electrons. The van der Waals surface area contributed by atoms with Gasteiger partial charge in [-0.1, -0.05) is 345 Å². The zero-order chi connectivity index (χ0) is 58.5. The van der Waals surface area contributed by atoms with Crippen LogP contribution in [0.15, 0.2) is 48.6 Å². The predicted molar refractivity (Wildman–Crippen MR) is 356 cm³/mol. The highest BCUT2D eigenvalue weighted by Crippen LogP contribution is 2.19. The Morgan fingerprint density at radius 3 is 0.975 bits per heavy atom. The fraction of sp³-hybridized carbons (Fsp3) is 0.867. The molecular formula is C75H141NO5. The summed E-state index contributed by atoms with van der Waals surface area (Å²) in [5.74, 6) is -0.0380. The smallest absolute Gasteiger partial charge is 0.305 e. The quantitative estimate of drug-likeness (QED) is 0.0320. The van der Waals surface area contributed by atoms with Crippen molar-refractivity contribution in [3.63, 3.8) is 0 Å². The first-order valence-corrected chi connectivity index (χ1v) is 36.4. The van der Waals surface area contributed by atoms with E-state index in [0.29, 0.717) is 25.9 Å². The number of esters is 1. The molecule has 0 aliphatic carbocycles. The summed E-state index contributed by atoms with van der Waals surface area (Å²) in [6, 6.07) is -0.546. The zero-order valence-electron chi connectivity index (χ0n) is 54.5. The third-order valence-electron chi connectivity index (χ3n) is 16.9. The van der Waals surface area contributed by atoms with E-state index in [0.717, 1.165) is 57.8 Å². The second-order valence-corrected chi connectivity index (χ2v) is 24.9. The largest absolute Gasteiger partial charge is 0.466 e. The topological polar surface area (TPSA) is 95.9 Å². The highest BCUT2D eigenvalue weighted by molar-refractivity contribution is 5.76. The normalized spacial score (nSPS) is 12.8. The average molecular weight is 1140 g/mol. The van der Waals surface area contributed by atoms with E-state index in [2.05, 4.69) is 67.8 Å². The number of carbonyl (C=O) groups is 2. The van der Waals surface area contributed by atoms with E-state index >= 15 is 0 Å². The molecule has 0 heterocycles. The van der Waals surface area contributed by atoms with Crippen LogP contribution in [0.5, 0.6) is 0 Å². The second kappa shape index (κ2) is 70.3. The molecule has 0 fully saturated rings. The first kappa shape index (κ1) is 78.8. The summed E-state index contributed by atoms with van der Waals surface area (Å²) in [7, 11) is 0. The van der Waals surface area contributed by atoms with Crippen molar-refractivity contribution in [2.24, 2.45) is 0 Å². The number of carbonyl (C=O) groups excluding carboxylic acids is 2. The van der Waals surface area contributed by atoms with Crippen LogP contribution in [0, 0.1) is 0 Å². The molecule has 2 unspecified atom stereocenters. The van der Waals surface area contributed by atoms with E-state index < -0.39 is 12.1 Å². The number of unbranched alkanes of at least 4 members (excludes halogenated alkanes) is 49. The number of rotatable bonds is 68. The van der Waals surface area contributed by atoms with Crippen molar-refractivity contribution >= 4 is 11.9 Å². The van der Waals surface area contributed by atoms with Gasteiger partial charge in [-0.2, -0.15) is 0 Å². The molecule has 6 nitrogen and oxygen atoms in total. The van der Waals surface area contributed by atoms with Crippen molar-refractivity contribution < 1.29 is 24.5 Å². The summed E-state index contributed by atoms with van der Waals surface area (Å²) in [5, 5.41) is 23.4. The molecule has 2 atom stereocenters. The molecule has 0 saturated carbocycles. The Labute approximate surface area is 506 Å². The maximum absolute atomic E-state index is 12.6. The highest BCUT2D eigenvalue weighted by atomic mass is 16.5. The Morgan fingerprint density at radius 1 is 0.346 bits per heavy atom. The van der Waals surface area contributed by atoms with Crippen molar-refractivity contribution in [2.75, 3.05) is 13.2 Å². The molecule has 0 saturated heterocycles. The SMILES string of the molecule is CCCC/C=C\C/C=C\CCCCCCCC(=O)OCCCCCCCCCCC/C=C\C/C=C\CCCCCCCCCCCCCC(=O)NC(CO)C(O)CCCCCCCCCCCCCCCCCCCCCCCCC. The number of amides is 1. The van der Waals surface area contributed by atoms with Crippen LogP contribution in [0.4, 0.5) is 0 Å². The van der Waals surface area contributed by atoms with Gasteiger partial charge in [0.15, 0.2) is 0 Å². The fourth-order valence-corrected chi connectivity index (χ4v) is 11.3. The van der Waals surface area contributed by atoms with Crippen LogP contribution in [0.1, 0.15) is 393 Å². The van der Waals surface area contributed by atoms with Gasteiger partial charge in [-0.05, 0) is 83.5 Å². The summed E-state index contributed by atoms with van der Waals surface area (Å²) in [5.41, 5.74) is 0.